The Morgan fingerprint density at radius 3 is 2.14 bits per heavy atom. The van der Waals surface area contributed by atoms with Gasteiger partial charge in [-0.05, 0) is 31.0 Å². The van der Waals surface area contributed by atoms with Crippen LogP contribution in [0.15, 0.2) is 35.4 Å². The van der Waals surface area contributed by atoms with Crippen LogP contribution in [-0.4, -0.2) is 62.0 Å². The minimum Gasteiger partial charge on any atom is -0.354 e. The van der Waals surface area contributed by atoms with E-state index in [9.17, 15) is 17.2 Å². The van der Waals surface area contributed by atoms with Crippen molar-refractivity contribution in [2.75, 3.05) is 49.1 Å². The van der Waals surface area contributed by atoms with Crippen molar-refractivity contribution in [2.24, 2.45) is 0 Å². The topological polar surface area (TPSA) is 69.6 Å². The number of anilines is 2. The summed E-state index contributed by atoms with van der Waals surface area (Å²) in [7, 11) is -4.23. The molecule has 0 unspecified atom stereocenters. The molecule has 2 fully saturated rings. The lowest BCUT2D eigenvalue weighted by Crippen LogP contribution is -2.49. The molecular formula is C18H21F2N5O2S. The molecule has 0 radical (unpaired) electrons. The Kier molecular flexibility index (Phi) is 5.15. The van der Waals surface area contributed by atoms with E-state index in [4.69, 9.17) is 0 Å². The molecule has 28 heavy (non-hydrogen) atoms. The zero-order valence-corrected chi connectivity index (χ0v) is 16.1. The van der Waals surface area contributed by atoms with E-state index in [1.165, 1.54) is 0 Å². The van der Waals surface area contributed by atoms with Gasteiger partial charge in [0.05, 0.1) is 0 Å². The maximum Gasteiger partial charge on any atom is 0.249 e. The summed E-state index contributed by atoms with van der Waals surface area (Å²) in [6.07, 6.45) is 3.95. The van der Waals surface area contributed by atoms with Gasteiger partial charge in [0.1, 0.15) is 17.5 Å². The molecule has 0 spiro atoms. The minimum absolute atomic E-state index is 0.124. The largest absolute Gasteiger partial charge is 0.354 e. The average molecular weight is 409 g/mol. The van der Waals surface area contributed by atoms with E-state index in [-0.39, 0.29) is 13.1 Å². The van der Waals surface area contributed by atoms with Gasteiger partial charge in [0.2, 0.25) is 16.0 Å². The number of aromatic nitrogens is 2. The summed E-state index contributed by atoms with van der Waals surface area (Å²) in [5.74, 6) is -0.744. The van der Waals surface area contributed by atoms with Crippen molar-refractivity contribution in [3.05, 3.63) is 42.1 Å². The van der Waals surface area contributed by atoms with Crippen LogP contribution in [0.5, 0.6) is 0 Å². The molecule has 0 saturated carbocycles. The van der Waals surface area contributed by atoms with Crippen LogP contribution in [0.25, 0.3) is 0 Å². The molecule has 0 bridgehead atoms. The molecule has 1 aromatic carbocycles. The Morgan fingerprint density at radius 2 is 1.50 bits per heavy atom. The Hall–Kier alpha value is -2.33. The van der Waals surface area contributed by atoms with Crippen LogP contribution >= 0.6 is 0 Å². The van der Waals surface area contributed by atoms with Gasteiger partial charge in [-0.2, -0.15) is 9.29 Å². The number of nitrogens with zero attached hydrogens (tertiary/aromatic N) is 5. The van der Waals surface area contributed by atoms with Gasteiger partial charge in [-0.25, -0.2) is 22.2 Å². The monoisotopic (exact) mass is 409 g/mol. The van der Waals surface area contributed by atoms with Gasteiger partial charge in [0.25, 0.3) is 0 Å². The van der Waals surface area contributed by atoms with E-state index < -0.39 is 26.6 Å². The molecule has 0 amide bonds. The molecule has 2 aromatic rings. The third-order valence-corrected chi connectivity index (χ3v) is 7.05. The molecule has 2 aliphatic heterocycles. The molecule has 7 nitrogen and oxygen atoms in total. The summed E-state index contributed by atoms with van der Waals surface area (Å²) in [4.78, 5) is 12.1. The smallest absolute Gasteiger partial charge is 0.249 e. The molecule has 150 valence electrons. The highest BCUT2D eigenvalue weighted by Crippen LogP contribution is 2.25. The van der Waals surface area contributed by atoms with Crippen molar-refractivity contribution in [2.45, 2.75) is 17.7 Å². The van der Waals surface area contributed by atoms with Crippen molar-refractivity contribution in [1.82, 2.24) is 14.3 Å². The van der Waals surface area contributed by atoms with Crippen LogP contribution in [0.4, 0.5) is 20.5 Å². The second-order valence-electron chi connectivity index (χ2n) is 6.85. The summed E-state index contributed by atoms with van der Waals surface area (Å²) < 4.78 is 54.4. The number of piperazine rings is 1. The standard InChI is InChI=1S/C18H21F2N5O2S/c19-14-4-3-5-15(20)17(14)28(26,27)25-12-10-23(11-13-25)16-6-7-21-18(22-16)24-8-1-2-9-24/h3-7H,1-2,8-13H2. The molecule has 1 aromatic heterocycles. The Bertz CT molecular complexity index is 938. The van der Waals surface area contributed by atoms with Gasteiger partial charge in [0.15, 0.2) is 4.90 Å². The lowest BCUT2D eigenvalue weighted by molar-refractivity contribution is 0.377. The molecule has 10 heteroatoms. The first-order valence-electron chi connectivity index (χ1n) is 9.24. The fourth-order valence-corrected chi connectivity index (χ4v) is 5.13. The minimum atomic E-state index is -4.23. The fourth-order valence-electron chi connectivity index (χ4n) is 3.60. The van der Waals surface area contributed by atoms with E-state index in [1.54, 1.807) is 12.3 Å². The molecule has 2 saturated heterocycles. The summed E-state index contributed by atoms with van der Waals surface area (Å²) in [5.41, 5.74) is 0. The SMILES string of the molecule is O=S(=O)(c1c(F)cccc1F)N1CCN(c2ccnc(N3CCCC3)n2)CC1. The predicted molar refractivity (Wildman–Crippen MR) is 101 cm³/mol. The second kappa shape index (κ2) is 7.59. The molecule has 4 rings (SSSR count). The maximum absolute atomic E-state index is 14.0. The lowest BCUT2D eigenvalue weighted by atomic mass is 10.3. The third kappa shape index (κ3) is 3.53. The quantitative estimate of drug-likeness (QED) is 0.768. The first-order valence-corrected chi connectivity index (χ1v) is 10.7. The Labute approximate surface area is 162 Å². The van der Waals surface area contributed by atoms with Crippen molar-refractivity contribution < 1.29 is 17.2 Å². The molecule has 3 heterocycles. The maximum atomic E-state index is 14.0. The molecule has 0 N–H and O–H groups in total. The van der Waals surface area contributed by atoms with Crippen molar-refractivity contribution in [3.63, 3.8) is 0 Å². The number of sulfonamides is 1. The van der Waals surface area contributed by atoms with Crippen LogP contribution in [0.3, 0.4) is 0 Å². The molecular weight excluding hydrogens is 388 g/mol. The fraction of sp³-hybridized carbons (Fsp3) is 0.444. The number of hydrogen-bond acceptors (Lipinski definition) is 6. The number of halogens is 2. The van der Waals surface area contributed by atoms with E-state index in [2.05, 4.69) is 14.9 Å². The van der Waals surface area contributed by atoms with Crippen molar-refractivity contribution in [1.29, 1.82) is 0 Å². The van der Waals surface area contributed by atoms with Crippen LogP contribution in [0.2, 0.25) is 0 Å². The summed E-state index contributed by atoms with van der Waals surface area (Å²) >= 11 is 0. The highest BCUT2D eigenvalue weighted by Gasteiger charge is 2.33. The highest BCUT2D eigenvalue weighted by atomic mass is 32.2. The second-order valence-corrected chi connectivity index (χ2v) is 8.73. The highest BCUT2D eigenvalue weighted by molar-refractivity contribution is 7.89. The van der Waals surface area contributed by atoms with Crippen LogP contribution in [-0.2, 0) is 10.0 Å². The third-order valence-electron chi connectivity index (χ3n) is 5.10. The van der Waals surface area contributed by atoms with E-state index in [0.717, 1.165) is 54.3 Å². The van der Waals surface area contributed by atoms with Crippen molar-refractivity contribution >= 4 is 21.8 Å². The number of rotatable bonds is 4. The van der Waals surface area contributed by atoms with Gasteiger partial charge >= 0.3 is 0 Å². The van der Waals surface area contributed by atoms with Gasteiger partial charge in [-0.1, -0.05) is 6.07 Å². The lowest BCUT2D eigenvalue weighted by Gasteiger charge is -2.35. The van der Waals surface area contributed by atoms with E-state index in [0.29, 0.717) is 19.0 Å². The summed E-state index contributed by atoms with van der Waals surface area (Å²) in [5, 5.41) is 0. The van der Waals surface area contributed by atoms with Crippen molar-refractivity contribution in [3.8, 4) is 0 Å². The van der Waals surface area contributed by atoms with Gasteiger partial charge in [0, 0.05) is 45.5 Å². The predicted octanol–water partition coefficient (Wildman–Crippen LogP) is 1.87. The summed E-state index contributed by atoms with van der Waals surface area (Å²) in [6.45, 7) is 2.88. The Balaban J connectivity index is 1.48. The van der Waals surface area contributed by atoms with Crippen LogP contribution < -0.4 is 9.80 Å². The molecule has 2 aliphatic rings. The Morgan fingerprint density at radius 1 is 0.857 bits per heavy atom. The first-order chi connectivity index (χ1) is 13.5. The van der Waals surface area contributed by atoms with E-state index >= 15 is 0 Å². The number of hydrogen-bond donors (Lipinski definition) is 0. The zero-order chi connectivity index (χ0) is 19.7. The van der Waals surface area contributed by atoms with Gasteiger partial charge in [-0.3, -0.25) is 0 Å². The molecule has 0 aliphatic carbocycles. The summed E-state index contributed by atoms with van der Waals surface area (Å²) in [6, 6.07) is 4.84. The average Bonchev–Trinajstić information content (AvgIpc) is 3.23. The van der Waals surface area contributed by atoms with Crippen LogP contribution in [0.1, 0.15) is 12.8 Å². The van der Waals surface area contributed by atoms with Gasteiger partial charge < -0.3 is 9.80 Å². The first kappa shape index (κ1) is 19.0. The zero-order valence-electron chi connectivity index (χ0n) is 15.3. The molecule has 0 atom stereocenters. The van der Waals surface area contributed by atoms with E-state index in [1.807, 2.05) is 4.90 Å². The van der Waals surface area contributed by atoms with Crippen LogP contribution in [0, 0.1) is 11.6 Å². The van der Waals surface area contributed by atoms with Gasteiger partial charge in [-0.15, -0.1) is 0 Å². The number of benzene rings is 1. The normalized spacial score (nSPS) is 18.6.